The predicted octanol–water partition coefficient (Wildman–Crippen LogP) is 1.66. The number of likely N-dealkylation sites (N-methyl/N-ethyl adjacent to an activating group) is 2. The molecule has 0 aromatic carbocycles. The third-order valence-corrected chi connectivity index (χ3v) is 2.71. The SMILES string of the molecule is CCN(C(C)CN(C)C)C(CC(=O)O)C(F)(F)F. The summed E-state index contributed by atoms with van der Waals surface area (Å²) >= 11 is 0. The average molecular weight is 270 g/mol. The fourth-order valence-corrected chi connectivity index (χ4v) is 2.06. The van der Waals surface area contributed by atoms with Gasteiger partial charge in [0.05, 0.1) is 6.42 Å². The van der Waals surface area contributed by atoms with Gasteiger partial charge in [-0.05, 0) is 27.6 Å². The summed E-state index contributed by atoms with van der Waals surface area (Å²) < 4.78 is 38.7. The molecule has 0 aliphatic carbocycles. The summed E-state index contributed by atoms with van der Waals surface area (Å²) in [6, 6.07) is -2.30. The van der Waals surface area contributed by atoms with E-state index in [0.717, 1.165) is 0 Å². The lowest BCUT2D eigenvalue weighted by Crippen LogP contribution is -2.53. The molecule has 4 nitrogen and oxygen atoms in total. The number of rotatable bonds is 7. The third-order valence-electron chi connectivity index (χ3n) is 2.71. The van der Waals surface area contributed by atoms with Gasteiger partial charge in [-0.1, -0.05) is 6.92 Å². The lowest BCUT2D eigenvalue weighted by molar-refractivity contribution is -0.195. The van der Waals surface area contributed by atoms with Crippen molar-refractivity contribution in [2.24, 2.45) is 0 Å². The molecule has 0 spiro atoms. The Morgan fingerprint density at radius 2 is 1.83 bits per heavy atom. The Balaban J connectivity index is 4.97. The maximum atomic E-state index is 12.9. The van der Waals surface area contributed by atoms with Crippen molar-refractivity contribution in [3.8, 4) is 0 Å². The van der Waals surface area contributed by atoms with Crippen molar-refractivity contribution in [1.82, 2.24) is 9.80 Å². The van der Waals surface area contributed by atoms with E-state index in [9.17, 15) is 18.0 Å². The Morgan fingerprint density at radius 3 is 2.11 bits per heavy atom. The zero-order chi connectivity index (χ0) is 14.5. The first-order valence-corrected chi connectivity index (χ1v) is 5.78. The van der Waals surface area contributed by atoms with Crippen molar-refractivity contribution in [1.29, 1.82) is 0 Å². The van der Waals surface area contributed by atoms with Crippen molar-refractivity contribution < 1.29 is 23.1 Å². The molecule has 0 saturated carbocycles. The van der Waals surface area contributed by atoms with E-state index in [-0.39, 0.29) is 12.6 Å². The number of carboxylic acids is 1. The Hall–Kier alpha value is -0.820. The van der Waals surface area contributed by atoms with Gasteiger partial charge in [0.15, 0.2) is 0 Å². The second-order valence-electron chi connectivity index (χ2n) is 4.60. The number of carboxylic acid groups (broad SMARTS) is 1. The zero-order valence-electron chi connectivity index (χ0n) is 11.2. The fraction of sp³-hybridized carbons (Fsp3) is 0.909. The molecule has 0 bridgehead atoms. The lowest BCUT2D eigenvalue weighted by atomic mass is 10.1. The Kier molecular flexibility index (Phi) is 6.62. The van der Waals surface area contributed by atoms with Gasteiger partial charge in [-0.2, -0.15) is 13.2 Å². The Morgan fingerprint density at radius 1 is 1.33 bits per heavy atom. The standard InChI is InChI=1S/C11H21F3N2O2/c1-5-16(8(2)7-15(3)4)9(6-10(17)18)11(12,13)14/h8-9H,5-7H2,1-4H3,(H,17,18). The van der Waals surface area contributed by atoms with Gasteiger partial charge in [0.25, 0.3) is 0 Å². The van der Waals surface area contributed by atoms with Crippen LogP contribution in [0, 0.1) is 0 Å². The fourth-order valence-electron chi connectivity index (χ4n) is 2.06. The highest BCUT2D eigenvalue weighted by atomic mass is 19.4. The predicted molar refractivity (Wildman–Crippen MR) is 62.5 cm³/mol. The molecular formula is C11H21F3N2O2. The number of nitrogens with zero attached hydrogens (tertiary/aromatic N) is 2. The van der Waals surface area contributed by atoms with Gasteiger partial charge in [-0.3, -0.25) is 9.69 Å². The molecular weight excluding hydrogens is 249 g/mol. The van der Waals surface area contributed by atoms with Crippen molar-refractivity contribution >= 4 is 5.97 Å². The van der Waals surface area contributed by atoms with E-state index in [2.05, 4.69) is 0 Å². The molecule has 0 aromatic rings. The van der Waals surface area contributed by atoms with Crippen LogP contribution in [0.15, 0.2) is 0 Å². The Bertz CT molecular complexity index is 270. The average Bonchev–Trinajstić information content (AvgIpc) is 2.13. The van der Waals surface area contributed by atoms with E-state index in [0.29, 0.717) is 6.54 Å². The summed E-state index contributed by atoms with van der Waals surface area (Å²) in [6.45, 7) is 3.88. The second kappa shape index (κ2) is 6.94. The number of aliphatic carboxylic acids is 1. The van der Waals surface area contributed by atoms with Gasteiger partial charge in [0.1, 0.15) is 6.04 Å². The minimum absolute atomic E-state index is 0.159. The van der Waals surface area contributed by atoms with Gasteiger partial charge in [-0.25, -0.2) is 0 Å². The first kappa shape index (κ1) is 17.2. The van der Waals surface area contributed by atoms with Crippen LogP contribution in [0.5, 0.6) is 0 Å². The summed E-state index contributed by atoms with van der Waals surface area (Å²) in [5, 5.41) is 8.62. The molecule has 0 saturated heterocycles. The van der Waals surface area contributed by atoms with E-state index in [4.69, 9.17) is 5.11 Å². The smallest absolute Gasteiger partial charge is 0.404 e. The van der Waals surface area contributed by atoms with Crippen LogP contribution in [0.2, 0.25) is 0 Å². The number of alkyl halides is 3. The minimum Gasteiger partial charge on any atom is -0.481 e. The minimum atomic E-state index is -4.53. The van der Waals surface area contributed by atoms with Crippen LogP contribution in [0.4, 0.5) is 13.2 Å². The van der Waals surface area contributed by atoms with Crippen LogP contribution in [0.25, 0.3) is 0 Å². The first-order valence-electron chi connectivity index (χ1n) is 5.78. The van der Waals surface area contributed by atoms with Crippen LogP contribution < -0.4 is 0 Å². The number of hydrogen-bond acceptors (Lipinski definition) is 3. The molecule has 7 heteroatoms. The summed E-state index contributed by atoms with van der Waals surface area (Å²) in [5.74, 6) is -1.44. The maximum absolute atomic E-state index is 12.9. The second-order valence-corrected chi connectivity index (χ2v) is 4.60. The molecule has 0 aliphatic rings. The molecule has 0 radical (unpaired) electrons. The normalized spacial score (nSPS) is 16.1. The van der Waals surface area contributed by atoms with E-state index in [1.807, 2.05) is 0 Å². The first-order chi connectivity index (χ1) is 8.09. The molecule has 0 fully saturated rings. The molecule has 0 rings (SSSR count). The molecule has 108 valence electrons. The van der Waals surface area contributed by atoms with Crippen molar-refractivity contribution in [3.05, 3.63) is 0 Å². The van der Waals surface area contributed by atoms with Crippen molar-refractivity contribution in [2.75, 3.05) is 27.2 Å². The monoisotopic (exact) mass is 270 g/mol. The number of hydrogen-bond donors (Lipinski definition) is 1. The summed E-state index contributed by atoms with van der Waals surface area (Å²) in [5.41, 5.74) is 0. The molecule has 0 amide bonds. The summed E-state index contributed by atoms with van der Waals surface area (Å²) in [6.07, 6.45) is -5.45. The number of carbonyl (C=O) groups is 1. The third kappa shape index (κ3) is 5.68. The molecule has 2 unspecified atom stereocenters. The quantitative estimate of drug-likeness (QED) is 0.764. The highest BCUT2D eigenvalue weighted by molar-refractivity contribution is 5.67. The molecule has 0 aliphatic heterocycles. The van der Waals surface area contributed by atoms with E-state index in [1.165, 1.54) is 4.90 Å². The summed E-state index contributed by atoms with van der Waals surface area (Å²) in [7, 11) is 3.54. The van der Waals surface area contributed by atoms with Crippen molar-refractivity contribution in [2.45, 2.75) is 38.5 Å². The van der Waals surface area contributed by atoms with Crippen molar-refractivity contribution in [3.63, 3.8) is 0 Å². The van der Waals surface area contributed by atoms with Crippen LogP contribution in [0.1, 0.15) is 20.3 Å². The lowest BCUT2D eigenvalue weighted by Gasteiger charge is -2.37. The van der Waals surface area contributed by atoms with E-state index >= 15 is 0 Å². The van der Waals surface area contributed by atoms with E-state index in [1.54, 1.807) is 32.8 Å². The van der Waals surface area contributed by atoms with Gasteiger partial charge in [-0.15, -0.1) is 0 Å². The maximum Gasteiger partial charge on any atom is 0.404 e. The molecule has 0 aromatic heterocycles. The van der Waals surface area contributed by atoms with Gasteiger partial charge < -0.3 is 10.0 Å². The van der Waals surface area contributed by atoms with Crippen LogP contribution >= 0.6 is 0 Å². The van der Waals surface area contributed by atoms with Crippen LogP contribution in [-0.2, 0) is 4.79 Å². The highest BCUT2D eigenvalue weighted by Crippen LogP contribution is 2.28. The largest absolute Gasteiger partial charge is 0.481 e. The van der Waals surface area contributed by atoms with E-state index < -0.39 is 24.6 Å². The van der Waals surface area contributed by atoms with Crippen LogP contribution in [0.3, 0.4) is 0 Å². The van der Waals surface area contributed by atoms with Crippen LogP contribution in [-0.4, -0.2) is 66.3 Å². The molecule has 2 atom stereocenters. The van der Waals surface area contributed by atoms with Gasteiger partial charge in [0.2, 0.25) is 0 Å². The van der Waals surface area contributed by atoms with Gasteiger partial charge >= 0.3 is 12.1 Å². The molecule has 1 N–H and O–H groups in total. The van der Waals surface area contributed by atoms with Gasteiger partial charge in [0, 0.05) is 12.6 Å². The Labute approximate surface area is 105 Å². The molecule has 0 heterocycles. The molecule has 18 heavy (non-hydrogen) atoms. The zero-order valence-corrected chi connectivity index (χ0v) is 11.2. The summed E-state index contributed by atoms with van der Waals surface area (Å²) in [4.78, 5) is 13.6. The highest BCUT2D eigenvalue weighted by Gasteiger charge is 2.45. The number of halogens is 3. The topological polar surface area (TPSA) is 43.8 Å².